The van der Waals surface area contributed by atoms with Crippen LogP contribution in [0.15, 0.2) is 54.6 Å². The molecule has 1 unspecified atom stereocenters. The second-order valence-corrected chi connectivity index (χ2v) is 8.16. The Morgan fingerprint density at radius 2 is 1.73 bits per heavy atom. The third-order valence-electron chi connectivity index (χ3n) is 5.86. The Morgan fingerprint density at radius 3 is 2.37 bits per heavy atom. The first-order valence-corrected chi connectivity index (χ1v) is 10.8. The summed E-state index contributed by atoms with van der Waals surface area (Å²) in [6.07, 6.45) is 4.65. The molecular weight excluding hydrogens is 376 g/mol. The van der Waals surface area contributed by atoms with Gasteiger partial charge in [0.25, 0.3) is 5.91 Å². The first-order chi connectivity index (χ1) is 14.5. The molecule has 5 heteroatoms. The third kappa shape index (κ3) is 6.34. The molecule has 2 aromatic carbocycles. The zero-order chi connectivity index (χ0) is 21.3. The summed E-state index contributed by atoms with van der Waals surface area (Å²) in [4.78, 5) is 26.8. The van der Waals surface area contributed by atoms with Gasteiger partial charge in [-0.1, -0.05) is 30.3 Å². The summed E-state index contributed by atoms with van der Waals surface area (Å²) in [5.41, 5.74) is 1.95. The molecule has 1 saturated heterocycles. The van der Waals surface area contributed by atoms with Crippen LogP contribution >= 0.6 is 0 Å². The topological polar surface area (TPSA) is 58.6 Å². The van der Waals surface area contributed by atoms with E-state index < -0.39 is 0 Å². The van der Waals surface area contributed by atoms with Crippen LogP contribution in [-0.4, -0.2) is 43.0 Å². The van der Waals surface area contributed by atoms with Crippen LogP contribution in [0.2, 0.25) is 0 Å². The maximum atomic E-state index is 12.6. The van der Waals surface area contributed by atoms with Gasteiger partial charge < -0.3 is 15.0 Å². The molecule has 0 saturated carbocycles. The van der Waals surface area contributed by atoms with Crippen molar-refractivity contribution in [2.45, 2.75) is 45.1 Å². The van der Waals surface area contributed by atoms with Crippen molar-refractivity contribution in [3.8, 4) is 5.75 Å². The number of carbonyl (C=O) groups is 2. The molecule has 0 spiro atoms. The summed E-state index contributed by atoms with van der Waals surface area (Å²) < 4.78 is 5.21. The van der Waals surface area contributed by atoms with Crippen molar-refractivity contribution in [3.63, 3.8) is 0 Å². The van der Waals surface area contributed by atoms with Gasteiger partial charge >= 0.3 is 0 Å². The molecule has 1 aliphatic rings. The lowest BCUT2D eigenvalue weighted by Crippen LogP contribution is -2.42. The van der Waals surface area contributed by atoms with Crippen LogP contribution in [0.5, 0.6) is 5.75 Å². The minimum atomic E-state index is -0.182. The Labute approximate surface area is 179 Å². The van der Waals surface area contributed by atoms with Crippen LogP contribution in [-0.2, 0) is 11.2 Å². The minimum absolute atomic E-state index is 0.129. The zero-order valence-electron chi connectivity index (χ0n) is 18.0. The number of piperidine rings is 1. The third-order valence-corrected chi connectivity index (χ3v) is 5.86. The predicted octanol–water partition coefficient (Wildman–Crippen LogP) is 4.08. The fourth-order valence-electron chi connectivity index (χ4n) is 3.97. The second kappa shape index (κ2) is 10.8. The van der Waals surface area contributed by atoms with Crippen LogP contribution in [0.1, 0.15) is 48.5 Å². The molecule has 2 amide bonds. The van der Waals surface area contributed by atoms with Crippen molar-refractivity contribution < 1.29 is 14.3 Å². The maximum absolute atomic E-state index is 12.6. The van der Waals surface area contributed by atoms with Gasteiger partial charge in [-0.3, -0.25) is 9.59 Å². The van der Waals surface area contributed by atoms with Crippen LogP contribution in [0, 0.1) is 5.92 Å². The molecule has 0 aliphatic carbocycles. The van der Waals surface area contributed by atoms with E-state index in [1.807, 2.05) is 42.2 Å². The van der Waals surface area contributed by atoms with E-state index in [0.717, 1.165) is 44.5 Å². The molecule has 0 bridgehead atoms. The number of nitrogens with zero attached hydrogens (tertiary/aromatic N) is 1. The van der Waals surface area contributed by atoms with Crippen molar-refractivity contribution in [1.29, 1.82) is 0 Å². The zero-order valence-corrected chi connectivity index (χ0v) is 18.0. The highest BCUT2D eigenvalue weighted by Gasteiger charge is 2.24. The number of likely N-dealkylation sites (tertiary alicyclic amines) is 1. The van der Waals surface area contributed by atoms with Gasteiger partial charge in [0, 0.05) is 31.1 Å². The van der Waals surface area contributed by atoms with Gasteiger partial charge in [-0.2, -0.15) is 0 Å². The smallest absolute Gasteiger partial charge is 0.251 e. The number of carbonyl (C=O) groups excluding carboxylic acids is 2. The number of amides is 2. The summed E-state index contributed by atoms with van der Waals surface area (Å²) in [5.74, 6) is 1.55. The Balaban J connectivity index is 1.37. The lowest BCUT2D eigenvalue weighted by atomic mass is 9.90. The van der Waals surface area contributed by atoms with E-state index >= 15 is 0 Å². The molecule has 5 nitrogen and oxygen atoms in total. The number of methoxy groups -OCH3 is 1. The van der Waals surface area contributed by atoms with Gasteiger partial charge in [0.05, 0.1) is 7.11 Å². The quantitative estimate of drug-likeness (QED) is 0.716. The molecule has 1 N–H and O–H groups in total. The van der Waals surface area contributed by atoms with E-state index in [1.165, 1.54) is 5.56 Å². The van der Waals surface area contributed by atoms with E-state index in [9.17, 15) is 9.59 Å². The Bertz CT molecular complexity index is 812. The predicted molar refractivity (Wildman–Crippen MR) is 119 cm³/mol. The molecule has 1 heterocycles. The molecular formula is C25H32N2O3. The maximum Gasteiger partial charge on any atom is 0.251 e. The molecule has 160 valence electrons. The molecule has 0 aromatic heterocycles. The first kappa shape index (κ1) is 21.9. The van der Waals surface area contributed by atoms with Gasteiger partial charge in [-0.25, -0.2) is 0 Å². The molecule has 2 aromatic rings. The molecule has 3 rings (SSSR count). The molecule has 1 aliphatic heterocycles. The Kier molecular flexibility index (Phi) is 7.89. The summed E-state index contributed by atoms with van der Waals surface area (Å²) in [5, 5.41) is 2.93. The van der Waals surface area contributed by atoms with Gasteiger partial charge in [-0.05, 0) is 68.4 Å². The second-order valence-electron chi connectivity index (χ2n) is 8.16. The van der Waals surface area contributed by atoms with E-state index in [0.29, 0.717) is 17.9 Å². The Hall–Kier alpha value is -2.82. The van der Waals surface area contributed by atoms with Crippen molar-refractivity contribution in [2.75, 3.05) is 20.2 Å². The van der Waals surface area contributed by atoms with Crippen molar-refractivity contribution >= 4 is 11.8 Å². The van der Waals surface area contributed by atoms with E-state index in [-0.39, 0.29) is 17.9 Å². The van der Waals surface area contributed by atoms with Crippen LogP contribution in [0.4, 0.5) is 0 Å². The van der Waals surface area contributed by atoms with E-state index in [4.69, 9.17) is 4.74 Å². The number of hydrogen-bond acceptors (Lipinski definition) is 3. The van der Waals surface area contributed by atoms with E-state index in [2.05, 4.69) is 17.4 Å². The highest BCUT2D eigenvalue weighted by Crippen LogP contribution is 2.23. The van der Waals surface area contributed by atoms with Crippen molar-refractivity contribution in [2.24, 2.45) is 5.92 Å². The normalized spacial score (nSPS) is 15.5. The number of hydrogen-bond donors (Lipinski definition) is 1. The highest BCUT2D eigenvalue weighted by molar-refractivity contribution is 5.94. The summed E-state index contributed by atoms with van der Waals surface area (Å²) in [6, 6.07) is 17.2. The standard InChI is InChI=1S/C25H32N2O3/c1-19(26-25(29)22-6-4-3-5-7-22)18-24(28)27-16-14-21(15-17-27)9-8-20-10-12-23(30-2)13-11-20/h3-7,10-13,19,21H,8-9,14-18H2,1-2H3,(H,26,29). The molecule has 0 radical (unpaired) electrons. The fourth-order valence-corrected chi connectivity index (χ4v) is 3.97. The number of rotatable bonds is 8. The average molecular weight is 409 g/mol. The first-order valence-electron chi connectivity index (χ1n) is 10.8. The molecule has 1 atom stereocenters. The highest BCUT2D eigenvalue weighted by atomic mass is 16.5. The van der Waals surface area contributed by atoms with Gasteiger partial charge in [-0.15, -0.1) is 0 Å². The lowest BCUT2D eigenvalue weighted by Gasteiger charge is -2.33. The van der Waals surface area contributed by atoms with Gasteiger partial charge in [0.15, 0.2) is 0 Å². The van der Waals surface area contributed by atoms with E-state index in [1.54, 1.807) is 19.2 Å². The van der Waals surface area contributed by atoms with Crippen molar-refractivity contribution in [3.05, 3.63) is 65.7 Å². The van der Waals surface area contributed by atoms with Gasteiger partial charge in [0.1, 0.15) is 5.75 Å². The minimum Gasteiger partial charge on any atom is -0.497 e. The van der Waals surface area contributed by atoms with Crippen molar-refractivity contribution in [1.82, 2.24) is 10.2 Å². The Morgan fingerprint density at radius 1 is 1.07 bits per heavy atom. The van der Waals surface area contributed by atoms with Crippen LogP contribution in [0.3, 0.4) is 0 Å². The summed E-state index contributed by atoms with van der Waals surface area (Å²) in [6.45, 7) is 3.51. The van der Waals surface area contributed by atoms with Crippen LogP contribution < -0.4 is 10.1 Å². The van der Waals surface area contributed by atoms with Gasteiger partial charge in [0.2, 0.25) is 5.91 Å². The number of aryl methyl sites for hydroxylation is 1. The fraction of sp³-hybridized carbons (Fsp3) is 0.440. The number of benzene rings is 2. The summed E-state index contributed by atoms with van der Waals surface area (Å²) >= 11 is 0. The largest absolute Gasteiger partial charge is 0.497 e. The number of ether oxygens (including phenoxy) is 1. The SMILES string of the molecule is COc1ccc(CCC2CCN(C(=O)CC(C)NC(=O)c3ccccc3)CC2)cc1. The lowest BCUT2D eigenvalue weighted by molar-refractivity contribution is -0.133. The molecule has 30 heavy (non-hydrogen) atoms. The summed E-state index contributed by atoms with van der Waals surface area (Å²) in [7, 11) is 1.68. The monoisotopic (exact) mass is 408 g/mol. The average Bonchev–Trinajstić information content (AvgIpc) is 2.78. The molecule has 1 fully saturated rings. The van der Waals surface area contributed by atoms with Crippen LogP contribution in [0.25, 0.3) is 0 Å². The number of nitrogens with one attached hydrogen (secondary N) is 1.